The van der Waals surface area contributed by atoms with Gasteiger partial charge in [0.15, 0.2) is 6.17 Å². The second-order valence-electron chi connectivity index (χ2n) is 5.09. The first-order valence-electron chi connectivity index (χ1n) is 7.26. The van der Waals surface area contributed by atoms with Crippen molar-refractivity contribution in [2.24, 2.45) is 4.99 Å². The van der Waals surface area contributed by atoms with Gasteiger partial charge in [0.05, 0.1) is 0 Å². The van der Waals surface area contributed by atoms with Gasteiger partial charge in [-0.15, -0.1) is 0 Å². The molecule has 1 aliphatic heterocycles. The van der Waals surface area contributed by atoms with Crippen LogP contribution in [-0.4, -0.2) is 24.6 Å². The molecule has 2 aromatic carbocycles. The number of carbonyl (C=O) groups excluding carboxylic acids is 1. The third-order valence-corrected chi connectivity index (χ3v) is 3.54. The summed E-state index contributed by atoms with van der Waals surface area (Å²) in [6.07, 6.45) is -0.763. The molecule has 2 aromatic rings. The summed E-state index contributed by atoms with van der Waals surface area (Å²) in [5.74, 6) is 2.75. The smallest absolute Gasteiger partial charge is 0.297 e. The lowest BCUT2D eigenvalue weighted by molar-refractivity contribution is -0.116. The van der Waals surface area contributed by atoms with E-state index in [1.807, 2.05) is 0 Å². The largest absolute Gasteiger partial charge is 0.473 e. The second kappa shape index (κ2) is 7.32. The van der Waals surface area contributed by atoms with E-state index in [-0.39, 0.29) is 18.1 Å². The highest BCUT2D eigenvalue weighted by Gasteiger charge is 2.25. The van der Waals surface area contributed by atoms with Crippen LogP contribution in [0.4, 0.5) is 8.78 Å². The minimum atomic E-state index is -0.784. The Kier molecular flexibility index (Phi) is 4.96. The van der Waals surface area contributed by atoms with Gasteiger partial charge in [0.25, 0.3) is 5.91 Å². The molecule has 1 aliphatic rings. The Morgan fingerprint density at radius 1 is 1.20 bits per heavy atom. The van der Waals surface area contributed by atoms with Crippen molar-refractivity contribution >= 4 is 23.4 Å². The molecule has 0 saturated heterocycles. The van der Waals surface area contributed by atoms with E-state index in [0.29, 0.717) is 10.6 Å². The van der Waals surface area contributed by atoms with Gasteiger partial charge in [0.2, 0.25) is 5.90 Å². The first kappa shape index (κ1) is 16.9. The van der Waals surface area contributed by atoms with Crippen molar-refractivity contribution < 1.29 is 18.3 Å². The third-order valence-electron chi connectivity index (χ3n) is 3.29. The fourth-order valence-electron chi connectivity index (χ4n) is 2.14. The molecule has 0 aliphatic carbocycles. The summed E-state index contributed by atoms with van der Waals surface area (Å²) in [5, 5.41) is 3.07. The van der Waals surface area contributed by atoms with Crippen LogP contribution in [0.3, 0.4) is 0 Å². The average Bonchev–Trinajstić information content (AvgIpc) is 3.02. The molecule has 0 saturated carbocycles. The molecule has 0 bridgehead atoms. The van der Waals surface area contributed by atoms with Crippen molar-refractivity contribution in [1.29, 1.82) is 0 Å². The van der Waals surface area contributed by atoms with Crippen molar-refractivity contribution in [3.63, 3.8) is 0 Å². The van der Waals surface area contributed by atoms with Crippen LogP contribution in [0.15, 0.2) is 47.5 Å². The number of hydrogen-bond donors (Lipinski definition) is 1. The Bertz CT molecular complexity index is 881. The molecule has 0 aromatic heterocycles. The van der Waals surface area contributed by atoms with Crippen LogP contribution < -0.4 is 5.32 Å². The van der Waals surface area contributed by atoms with Crippen molar-refractivity contribution in [3.05, 3.63) is 70.2 Å². The molecule has 1 atom stereocenters. The lowest BCUT2D eigenvalue weighted by Gasteiger charge is -2.03. The van der Waals surface area contributed by atoms with E-state index in [2.05, 4.69) is 22.2 Å². The molecule has 1 N–H and O–H groups in total. The SMILES string of the molecule is O=C(C#Cc1ccc(Cl)cc1)NC1COC(c2c(F)cccc2F)=N1. The van der Waals surface area contributed by atoms with Gasteiger partial charge in [-0.25, -0.2) is 13.8 Å². The number of carbonyl (C=O) groups is 1. The first-order chi connectivity index (χ1) is 12.0. The molecule has 126 valence electrons. The van der Waals surface area contributed by atoms with E-state index < -0.39 is 23.7 Å². The molecule has 3 rings (SSSR count). The first-order valence-corrected chi connectivity index (χ1v) is 7.64. The van der Waals surface area contributed by atoms with Crippen LogP contribution in [-0.2, 0) is 9.53 Å². The van der Waals surface area contributed by atoms with E-state index in [9.17, 15) is 13.6 Å². The lowest BCUT2D eigenvalue weighted by Crippen LogP contribution is -2.33. The summed E-state index contributed by atoms with van der Waals surface area (Å²) in [6.45, 7) is -0.0303. The van der Waals surface area contributed by atoms with Gasteiger partial charge in [-0.3, -0.25) is 4.79 Å². The number of nitrogens with zero attached hydrogens (tertiary/aromatic N) is 1. The molecule has 7 heteroatoms. The van der Waals surface area contributed by atoms with Crippen molar-refractivity contribution in [2.75, 3.05) is 6.61 Å². The maximum absolute atomic E-state index is 13.7. The van der Waals surface area contributed by atoms with Crippen molar-refractivity contribution in [1.82, 2.24) is 5.32 Å². The van der Waals surface area contributed by atoms with Crippen LogP contribution in [0.5, 0.6) is 0 Å². The molecule has 1 amide bonds. The average molecular weight is 361 g/mol. The zero-order valence-corrected chi connectivity index (χ0v) is 13.5. The molecule has 0 spiro atoms. The molecular weight excluding hydrogens is 350 g/mol. The van der Waals surface area contributed by atoms with Crippen LogP contribution >= 0.6 is 11.6 Å². The Morgan fingerprint density at radius 2 is 1.88 bits per heavy atom. The molecule has 25 heavy (non-hydrogen) atoms. The minimum absolute atomic E-state index is 0.0303. The van der Waals surface area contributed by atoms with Gasteiger partial charge in [-0.2, -0.15) is 0 Å². The highest BCUT2D eigenvalue weighted by Crippen LogP contribution is 2.17. The lowest BCUT2D eigenvalue weighted by atomic mass is 10.2. The molecule has 1 unspecified atom stereocenters. The Balaban J connectivity index is 1.67. The van der Waals surface area contributed by atoms with E-state index in [0.717, 1.165) is 12.1 Å². The number of rotatable bonds is 2. The number of hydrogen-bond acceptors (Lipinski definition) is 3. The highest BCUT2D eigenvalue weighted by atomic mass is 35.5. The maximum Gasteiger partial charge on any atom is 0.297 e. The fourth-order valence-corrected chi connectivity index (χ4v) is 2.26. The number of amides is 1. The Hall–Kier alpha value is -2.91. The van der Waals surface area contributed by atoms with Gasteiger partial charge < -0.3 is 10.1 Å². The quantitative estimate of drug-likeness (QED) is 0.837. The summed E-state index contributed by atoms with van der Waals surface area (Å²) in [5.41, 5.74) is 0.270. The number of ether oxygens (including phenoxy) is 1. The van der Waals surface area contributed by atoms with E-state index in [1.165, 1.54) is 6.07 Å². The zero-order valence-electron chi connectivity index (χ0n) is 12.7. The van der Waals surface area contributed by atoms with Crippen molar-refractivity contribution in [2.45, 2.75) is 6.17 Å². The Morgan fingerprint density at radius 3 is 2.56 bits per heavy atom. The third kappa shape index (κ3) is 4.14. The molecular formula is C18H11ClF2N2O2. The van der Waals surface area contributed by atoms with Gasteiger partial charge in [-0.1, -0.05) is 23.6 Å². The summed E-state index contributed by atoms with van der Waals surface area (Å²) in [6, 6.07) is 10.1. The van der Waals surface area contributed by atoms with Crippen LogP contribution in [0.2, 0.25) is 5.02 Å². The van der Waals surface area contributed by atoms with Gasteiger partial charge in [-0.05, 0) is 36.4 Å². The number of benzene rings is 2. The zero-order chi connectivity index (χ0) is 17.8. The molecule has 0 radical (unpaired) electrons. The van der Waals surface area contributed by atoms with Gasteiger partial charge in [0.1, 0.15) is 23.8 Å². The molecule has 0 fully saturated rings. The van der Waals surface area contributed by atoms with Crippen LogP contribution in [0.25, 0.3) is 0 Å². The number of aliphatic imine (C=N–C) groups is 1. The van der Waals surface area contributed by atoms with E-state index in [4.69, 9.17) is 16.3 Å². The van der Waals surface area contributed by atoms with Crippen LogP contribution in [0, 0.1) is 23.5 Å². The second-order valence-corrected chi connectivity index (χ2v) is 5.52. The number of halogens is 3. The van der Waals surface area contributed by atoms with E-state index in [1.54, 1.807) is 24.3 Å². The maximum atomic E-state index is 13.7. The highest BCUT2D eigenvalue weighted by molar-refractivity contribution is 6.30. The predicted molar refractivity (Wildman–Crippen MR) is 89.1 cm³/mol. The molecule has 1 heterocycles. The summed E-state index contributed by atoms with van der Waals surface area (Å²) >= 11 is 5.76. The topological polar surface area (TPSA) is 50.7 Å². The molecule has 4 nitrogen and oxygen atoms in total. The predicted octanol–water partition coefficient (Wildman–Crippen LogP) is 2.89. The van der Waals surface area contributed by atoms with Crippen LogP contribution in [0.1, 0.15) is 11.1 Å². The monoisotopic (exact) mass is 360 g/mol. The van der Waals surface area contributed by atoms with Gasteiger partial charge >= 0.3 is 0 Å². The summed E-state index contributed by atoms with van der Waals surface area (Å²) in [7, 11) is 0. The summed E-state index contributed by atoms with van der Waals surface area (Å²) < 4.78 is 32.6. The minimum Gasteiger partial charge on any atom is -0.473 e. The number of nitrogens with one attached hydrogen (secondary N) is 1. The van der Waals surface area contributed by atoms with E-state index >= 15 is 0 Å². The summed E-state index contributed by atoms with van der Waals surface area (Å²) in [4.78, 5) is 15.8. The standard InChI is InChI=1S/C18H11ClF2N2O2/c19-12-7-4-11(5-8-12)6-9-16(24)22-15-10-25-18(23-15)17-13(20)2-1-3-14(17)21/h1-5,7-8,15H,10H2,(H,22,24). The normalized spacial score (nSPS) is 15.6. The van der Waals surface area contributed by atoms with Gasteiger partial charge in [0, 0.05) is 16.5 Å². The fraction of sp³-hybridized carbons (Fsp3) is 0.111. The van der Waals surface area contributed by atoms with Crippen molar-refractivity contribution in [3.8, 4) is 11.8 Å². The Labute approximate surface area is 147 Å².